The van der Waals surface area contributed by atoms with Gasteiger partial charge in [-0.2, -0.15) is 0 Å². The Morgan fingerprint density at radius 1 is 0.471 bits per heavy atom. The molecule has 0 spiro atoms. The van der Waals surface area contributed by atoms with Gasteiger partial charge in [-0.15, -0.1) is 0 Å². The maximum Gasteiger partial charge on any atom is 0.252 e. The van der Waals surface area contributed by atoms with Gasteiger partial charge in [-0.1, -0.05) is 158 Å². The molecule has 0 N–H and O–H groups in total. The van der Waals surface area contributed by atoms with Gasteiger partial charge in [0.15, 0.2) is 0 Å². The van der Waals surface area contributed by atoms with E-state index in [9.17, 15) is 4.11 Å². The van der Waals surface area contributed by atoms with Crippen molar-refractivity contribution in [2.45, 2.75) is 188 Å². The van der Waals surface area contributed by atoms with E-state index in [-0.39, 0.29) is 44.6 Å². The van der Waals surface area contributed by atoms with Crippen LogP contribution in [-0.2, 0) is 37.9 Å². The summed E-state index contributed by atoms with van der Waals surface area (Å²) in [5, 5.41) is 0. The van der Waals surface area contributed by atoms with Crippen LogP contribution in [0, 0.1) is 13.8 Å². The number of rotatable bonds is 3. The molecule has 68 heavy (non-hydrogen) atoms. The molecule has 2 nitrogen and oxygen atoms in total. The van der Waals surface area contributed by atoms with Gasteiger partial charge in [0, 0.05) is 38.1 Å². The molecule has 0 aromatic heterocycles. The van der Waals surface area contributed by atoms with Crippen molar-refractivity contribution in [2.75, 3.05) is 9.80 Å². The smallest absolute Gasteiger partial charge is 0.252 e. The van der Waals surface area contributed by atoms with Crippen LogP contribution in [0.3, 0.4) is 0 Å². The first-order valence-electron chi connectivity index (χ1n) is 27.3. The van der Waals surface area contributed by atoms with Crippen LogP contribution in [-0.4, -0.2) is 6.71 Å². The van der Waals surface area contributed by atoms with Gasteiger partial charge in [-0.3, -0.25) is 0 Å². The van der Waals surface area contributed by atoms with Gasteiger partial charge in [-0.05, 0) is 198 Å². The third-order valence-electron chi connectivity index (χ3n) is 18.1. The van der Waals surface area contributed by atoms with Crippen molar-refractivity contribution >= 4 is 57.2 Å². The largest absolute Gasteiger partial charge is 0.311 e. The van der Waals surface area contributed by atoms with Crippen LogP contribution in [0.4, 0.5) is 34.1 Å². The third-order valence-corrected chi connectivity index (χ3v) is 18.1. The van der Waals surface area contributed by atoms with Crippen LogP contribution < -0.4 is 26.2 Å². The molecule has 350 valence electrons. The maximum atomic E-state index is 9.31. The van der Waals surface area contributed by atoms with Gasteiger partial charge < -0.3 is 9.80 Å². The van der Waals surface area contributed by atoms with Crippen molar-refractivity contribution in [3.8, 4) is 11.1 Å². The average Bonchev–Trinajstić information content (AvgIpc) is 3.46. The minimum atomic E-state index is -2.37. The Labute approximate surface area is 415 Å². The molecule has 6 aromatic rings. The highest BCUT2D eigenvalue weighted by Crippen LogP contribution is 2.56. The number of fused-ring (bicyclic) bond motifs is 7. The van der Waals surface area contributed by atoms with E-state index in [1.165, 1.54) is 66.6 Å². The molecule has 3 heteroatoms. The Morgan fingerprint density at radius 2 is 0.912 bits per heavy atom. The molecule has 0 amide bonds. The number of aryl methyl sites for hydroxylation is 2. The van der Waals surface area contributed by atoms with Crippen LogP contribution in [0.1, 0.15) is 190 Å². The van der Waals surface area contributed by atoms with Crippen molar-refractivity contribution in [2.24, 2.45) is 0 Å². The number of hydrogen-bond acceptors (Lipinski definition) is 2. The number of benzene rings is 6. The summed E-state index contributed by atoms with van der Waals surface area (Å²) in [6.45, 7) is 35.8. The van der Waals surface area contributed by atoms with Crippen LogP contribution in [0.5, 0.6) is 0 Å². The van der Waals surface area contributed by atoms with E-state index in [4.69, 9.17) is 0 Å². The Hall–Kier alpha value is -5.02. The molecule has 11 rings (SSSR count). The first-order valence-corrected chi connectivity index (χ1v) is 25.8. The van der Waals surface area contributed by atoms with E-state index < -0.39 is 6.85 Å². The molecule has 3 aliphatic carbocycles. The normalized spacial score (nSPS) is 21.3. The summed E-state index contributed by atoms with van der Waals surface area (Å²) in [4.78, 5) is 5.03. The summed E-state index contributed by atoms with van der Waals surface area (Å²) in [5.74, 6) is 0. The van der Waals surface area contributed by atoms with E-state index >= 15 is 0 Å². The molecule has 0 unspecified atom stereocenters. The monoisotopic (exact) mass is 900 g/mol. The molecule has 5 aliphatic rings. The fraction of sp³-hybridized carbons (Fsp3) is 0.446. The van der Waals surface area contributed by atoms with Crippen LogP contribution >= 0.6 is 0 Å². The second kappa shape index (κ2) is 14.3. The SMILES string of the molecule is [2H]C([2H])([2H])c1cc2c3c(c1)N(c1ccc(C(C)(C)C)cc1-c1ccccc1)c1cc4c(cc1B3c1cc3c(cc1N2c1cc2c(cc1C)C(C)(C)CC2(C)C)C(C)(C)CCC3(C)C)C(C)(C)CCC4(C)C. The van der Waals surface area contributed by atoms with E-state index in [0.717, 1.165) is 71.7 Å². The Morgan fingerprint density at radius 3 is 1.40 bits per heavy atom. The lowest BCUT2D eigenvalue weighted by molar-refractivity contribution is 0.332. The van der Waals surface area contributed by atoms with Crippen molar-refractivity contribution in [3.63, 3.8) is 0 Å². The summed E-state index contributed by atoms with van der Waals surface area (Å²) in [5.41, 5.74) is 23.6. The zero-order valence-electron chi connectivity index (χ0n) is 47.2. The zero-order valence-corrected chi connectivity index (χ0v) is 44.2. The van der Waals surface area contributed by atoms with E-state index in [2.05, 4.69) is 218 Å². The molecular weight excluding hydrogens is 820 g/mol. The first kappa shape index (κ1) is 41.9. The number of anilines is 6. The second-order valence-corrected chi connectivity index (χ2v) is 27.0. The summed E-state index contributed by atoms with van der Waals surface area (Å²) in [6, 6.07) is 37.3. The predicted molar refractivity (Wildman–Crippen MR) is 295 cm³/mol. The molecule has 0 atom stereocenters. The van der Waals surface area contributed by atoms with Crippen molar-refractivity contribution in [1.82, 2.24) is 0 Å². The first-order chi connectivity index (χ1) is 32.8. The molecule has 0 saturated heterocycles. The van der Waals surface area contributed by atoms with Crippen molar-refractivity contribution < 1.29 is 4.11 Å². The average molecular weight is 900 g/mol. The minimum Gasteiger partial charge on any atom is -0.311 e. The minimum absolute atomic E-state index is 0.0250. The van der Waals surface area contributed by atoms with Crippen molar-refractivity contribution in [1.29, 1.82) is 0 Å². The van der Waals surface area contributed by atoms with E-state index in [1.807, 2.05) is 0 Å². The lowest BCUT2D eigenvalue weighted by Crippen LogP contribution is -2.62. The third kappa shape index (κ3) is 6.63. The van der Waals surface area contributed by atoms with Gasteiger partial charge in [0.25, 0.3) is 6.71 Å². The molecule has 2 heterocycles. The highest BCUT2D eigenvalue weighted by Gasteiger charge is 2.50. The molecule has 0 saturated carbocycles. The van der Waals surface area contributed by atoms with Gasteiger partial charge in [0.05, 0.1) is 5.69 Å². The highest BCUT2D eigenvalue weighted by molar-refractivity contribution is 7.00. The standard InChI is InChI=1S/C65H77BN2/c1-39-29-56-58-57(30-39)68(53-35-49-44(31-40(53)2)64(14,15)38-65(49,16)17)55-37-48-46(61(8,9)26-28-63(48,12)13)34-51(55)66(58)50-33-45-47(62(10,11)27-25-60(45,6)7)36-54(50)67(56)52-24-23-42(59(3,4)5)32-43(52)41-21-19-18-20-22-41/h18-24,29-37H,25-28,38H2,1-17H3/i1D3. The van der Waals surface area contributed by atoms with Gasteiger partial charge in [-0.25, -0.2) is 0 Å². The summed E-state index contributed by atoms with van der Waals surface area (Å²) in [6.07, 6.45) is 5.50. The van der Waals surface area contributed by atoms with Crippen LogP contribution in [0.25, 0.3) is 11.1 Å². The maximum absolute atomic E-state index is 9.31. The lowest BCUT2D eigenvalue weighted by Gasteiger charge is -2.49. The van der Waals surface area contributed by atoms with Gasteiger partial charge >= 0.3 is 0 Å². The van der Waals surface area contributed by atoms with E-state index in [0.29, 0.717) is 5.56 Å². The molecule has 0 bridgehead atoms. The predicted octanol–water partition coefficient (Wildman–Crippen LogP) is 16.0. The fourth-order valence-corrected chi connectivity index (χ4v) is 14.0. The summed E-state index contributed by atoms with van der Waals surface area (Å²) < 4.78 is 27.9. The molecule has 0 fully saturated rings. The van der Waals surface area contributed by atoms with Gasteiger partial charge in [0.2, 0.25) is 0 Å². The Bertz CT molecular complexity index is 3230. The summed E-state index contributed by atoms with van der Waals surface area (Å²) in [7, 11) is 0. The van der Waals surface area contributed by atoms with Crippen LogP contribution in [0.15, 0.2) is 97.1 Å². The van der Waals surface area contributed by atoms with Gasteiger partial charge in [0.1, 0.15) is 0 Å². The molecular formula is C65H77BN2. The van der Waals surface area contributed by atoms with Crippen LogP contribution in [0.2, 0.25) is 0 Å². The molecule has 0 radical (unpaired) electrons. The molecule has 6 aromatic carbocycles. The van der Waals surface area contributed by atoms with E-state index in [1.54, 1.807) is 0 Å². The number of nitrogens with zero attached hydrogens (tertiary/aromatic N) is 2. The fourth-order valence-electron chi connectivity index (χ4n) is 14.0. The van der Waals surface area contributed by atoms with Crippen molar-refractivity contribution in [3.05, 3.63) is 147 Å². The number of hydrogen-bond donors (Lipinski definition) is 0. The second-order valence-electron chi connectivity index (χ2n) is 27.0. The molecule has 2 aliphatic heterocycles. The highest BCUT2D eigenvalue weighted by atomic mass is 15.2. The Kier molecular flexibility index (Phi) is 8.81. The Balaban J connectivity index is 1.34. The quantitative estimate of drug-likeness (QED) is 0.163. The lowest BCUT2D eigenvalue weighted by atomic mass is 9.32. The zero-order chi connectivity index (χ0) is 51.1. The topological polar surface area (TPSA) is 6.48 Å². The summed E-state index contributed by atoms with van der Waals surface area (Å²) >= 11 is 0.